The molecule has 1 saturated carbocycles. The second-order valence-corrected chi connectivity index (χ2v) is 5.35. The minimum Gasteiger partial charge on any atom is -0.494 e. The molecule has 1 aromatic rings. The lowest BCUT2D eigenvalue weighted by Crippen LogP contribution is -2.28. The van der Waals surface area contributed by atoms with Crippen LogP contribution in [0.4, 0.5) is 0 Å². The zero-order valence-corrected chi connectivity index (χ0v) is 11.6. The number of nitrogens with one attached hydrogen (secondary N) is 1. The molecule has 0 radical (unpaired) electrons. The third-order valence-electron chi connectivity index (χ3n) is 3.97. The highest BCUT2D eigenvalue weighted by Gasteiger charge is 2.25. The van der Waals surface area contributed by atoms with E-state index in [0.717, 1.165) is 31.9 Å². The predicted octanol–water partition coefficient (Wildman–Crippen LogP) is 2.45. The lowest BCUT2D eigenvalue weighted by atomic mass is 9.97. The van der Waals surface area contributed by atoms with E-state index in [2.05, 4.69) is 5.32 Å². The molecule has 3 heteroatoms. The van der Waals surface area contributed by atoms with Gasteiger partial charge in [-0.1, -0.05) is 24.6 Å². The van der Waals surface area contributed by atoms with E-state index in [1.165, 1.54) is 19.3 Å². The Kier molecular flexibility index (Phi) is 6.18. The largest absolute Gasteiger partial charge is 0.494 e. The lowest BCUT2D eigenvalue weighted by Gasteiger charge is -2.17. The smallest absolute Gasteiger partial charge is 0.119 e. The lowest BCUT2D eigenvalue weighted by molar-refractivity contribution is 0.192. The van der Waals surface area contributed by atoms with E-state index in [4.69, 9.17) is 4.74 Å². The minimum atomic E-state index is 0.351. The number of aliphatic hydroxyl groups excluding tert-OH is 1. The molecule has 0 amide bonds. The van der Waals surface area contributed by atoms with Gasteiger partial charge < -0.3 is 15.2 Å². The van der Waals surface area contributed by atoms with E-state index in [1.54, 1.807) is 0 Å². The summed E-state index contributed by atoms with van der Waals surface area (Å²) in [5.74, 6) is 2.13. The van der Waals surface area contributed by atoms with Gasteiger partial charge in [-0.15, -0.1) is 0 Å². The maximum absolute atomic E-state index is 9.26. The van der Waals surface area contributed by atoms with Crippen LogP contribution in [-0.4, -0.2) is 31.4 Å². The first-order chi connectivity index (χ1) is 9.40. The highest BCUT2D eigenvalue weighted by atomic mass is 16.5. The molecule has 1 fully saturated rings. The summed E-state index contributed by atoms with van der Waals surface area (Å²) in [6.07, 6.45) is 4.75. The molecule has 19 heavy (non-hydrogen) atoms. The van der Waals surface area contributed by atoms with Crippen LogP contribution in [0.25, 0.3) is 0 Å². The summed E-state index contributed by atoms with van der Waals surface area (Å²) in [7, 11) is 0. The molecule has 0 aromatic heterocycles. The Morgan fingerprint density at radius 3 is 2.74 bits per heavy atom. The summed E-state index contributed by atoms with van der Waals surface area (Å²) < 4.78 is 5.64. The molecule has 1 aliphatic carbocycles. The molecule has 3 nitrogen and oxygen atoms in total. The van der Waals surface area contributed by atoms with E-state index in [0.29, 0.717) is 18.4 Å². The monoisotopic (exact) mass is 263 g/mol. The van der Waals surface area contributed by atoms with Crippen LogP contribution >= 0.6 is 0 Å². The standard InChI is InChI=1S/C16H25NO2/c18-13-15-7-4-6-14(15)12-17-10-5-11-19-16-8-2-1-3-9-16/h1-3,8-9,14-15,17-18H,4-7,10-13H2. The Hall–Kier alpha value is -1.06. The Balaban J connectivity index is 1.50. The molecule has 0 spiro atoms. The van der Waals surface area contributed by atoms with Crippen molar-refractivity contribution >= 4 is 0 Å². The summed E-state index contributed by atoms with van der Waals surface area (Å²) in [5, 5.41) is 12.7. The topological polar surface area (TPSA) is 41.5 Å². The molecular weight excluding hydrogens is 238 g/mol. The molecule has 0 saturated heterocycles. The van der Waals surface area contributed by atoms with Gasteiger partial charge in [-0.05, 0) is 56.3 Å². The van der Waals surface area contributed by atoms with E-state index < -0.39 is 0 Å². The van der Waals surface area contributed by atoms with Crippen molar-refractivity contribution in [1.82, 2.24) is 5.32 Å². The fourth-order valence-electron chi connectivity index (χ4n) is 2.81. The Bertz CT molecular complexity index is 342. The van der Waals surface area contributed by atoms with Crippen LogP contribution in [0.3, 0.4) is 0 Å². The van der Waals surface area contributed by atoms with Crippen LogP contribution in [0.15, 0.2) is 30.3 Å². The summed E-state index contributed by atoms with van der Waals surface area (Å²) in [5.41, 5.74) is 0. The van der Waals surface area contributed by atoms with Crippen molar-refractivity contribution < 1.29 is 9.84 Å². The van der Waals surface area contributed by atoms with Gasteiger partial charge >= 0.3 is 0 Å². The number of hydrogen-bond acceptors (Lipinski definition) is 3. The van der Waals surface area contributed by atoms with Crippen LogP contribution < -0.4 is 10.1 Å². The maximum atomic E-state index is 9.26. The minimum absolute atomic E-state index is 0.351. The van der Waals surface area contributed by atoms with Gasteiger partial charge in [0.25, 0.3) is 0 Å². The Morgan fingerprint density at radius 2 is 1.95 bits per heavy atom. The van der Waals surface area contributed by atoms with Crippen LogP contribution in [0.2, 0.25) is 0 Å². The van der Waals surface area contributed by atoms with Gasteiger partial charge in [-0.25, -0.2) is 0 Å². The molecule has 0 bridgehead atoms. The predicted molar refractivity (Wildman–Crippen MR) is 77.3 cm³/mol. The van der Waals surface area contributed by atoms with Gasteiger partial charge in [-0.3, -0.25) is 0 Å². The number of hydrogen-bond donors (Lipinski definition) is 2. The van der Waals surface area contributed by atoms with Crippen LogP contribution in [0.5, 0.6) is 5.75 Å². The van der Waals surface area contributed by atoms with Crippen molar-refractivity contribution in [2.45, 2.75) is 25.7 Å². The molecule has 1 aromatic carbocycles. The zero-order valence-electron chi connectivity index (χ0n) is 11.6. The highest BCUT2D eigenvalue weighted by Crippen LogP contribution is 2.30. The van der Waals surface area contributed by atoms with Gasteiger partial charge in [0, 0.05) is 6.61 Å². The molecule has 2 rings (SSSR count). The van der Waals surface area contributed by atoms with Crippen molar-refractivity contribution in [2.24, 2.45) is 11.8 Å². The van der Waals surface area contributed by atoms with E-state index in [-0.39, 0.29) is 0 Å². The summed E-state index contributed by atoms with van der Waals surface area (Å²) in [4.78, 5) is 0. The average Bonchev–Trinajstić information content (AvgIpc) is 2.91. The molecule has 2 atom stereocenters. The highest BCUT2D eigenvalue weighted by molar-refractivity contribution is 5.20. The zero-order chi connectivity index (χ0) is 13.3. The number of rotatable bonds is 8. The van der Waals surface area contributed by atoms with Crippen molar-refractivity contribution in [3.63, 3.8) is 0 Å². The summed E-state index contributed by atoms with van der Waals surface area (Å²) in [6.45, 7) is 3.13. The first-order valence-corrected chi connectivity index (χ1v) is 7.39. The summed E-state index contributed by atoms with van der Waals surface area (Å²) >= 11 is 0. The number of para-hydroxylation sites is 1. The van der Waals surface area contributed by atoms with Crippen LogP contribution in [-0.2, 0) is 0 Å². The van der Waals surface area contributed by atoms with Gasteiger partial charge in [0.1, 0.15) is 5.75 Å². The second-order valence-electron chi connectivity index (χ2n) is 5.35. The van der Waals surface area contributed by atoms with Crippen LogP contribution in [0, 0.1) is 11.8 Å². The number of ether oxygens (including phenoxy) is 1. The fraction of sp³-hybridized carbons (Fsp3) is 0.625. The molecule has 0 aliphatic heterocycles. The molecule has 106 valence electrons. The molecule has 0 heterocycles. The maximum Gasteiger partial charge on any atom is 0.119 e. The average molecular weight is 263 g/mol. The molecule has 1 aliphatic rings. The van der Waals surface area contributed by atoms with Crippen molar-refractivity contribution in [3.05, 3.63) is 30.3 Å². The SMILES string of the molecule is OCC1CCCC1CNCCCOc1ccccc1. The molecule has 2 N–H and O–H groups in total. The van der Waals surface area contributed by atoms with Crippen molar-refractivity contribution in [3.8, 4) is 5.75 Å². The quantitative estimate of drug-likeness (QED) is 0.708. The number of benzene rings is 1. The normalized spacial score (nSPS) is 22.6. The first-order valence-electron chi connectivity index (χ1n) is 7.39. The van der Waals surface area contributed by atoms with Gasteiger partial charge in [0.2, 0.25) is 0 Å². The third-order valence-corrected chi connectivity index (χ3v) is 3.97. The van der Waals surface area contributed by atoms with Crippen LogP contribution in [0.1, 0.15) is 25.7 Å². The van der Waals surface area contributed by atoms with E-state index in [9.17, 15) is 5.11 Å². The molecular formula is C16H25NO2. The van der Waals surface area contributed by atoms with Crippen molar-refractivity contribution in [1.29, 1.82) is 0 Å². The van der Waals surface area contributed by atoms with Gasteiger partial charge in [0.05, 0.1) is 6.61 Å². The van der Waals surface area contributed by atoms with E-state index >= 15 is 0 Å². The van der Waals surface area contributed by atoms with Gasteiger partial charge in [-0.2, -0.15) is 0 Å². The fourth-order valence-corrected chi connectivity index (χ4v) is 2.81. The third kappa shape index (κ3) is 4.84. The second kappa shape index (κ2) is 8.18. The van der Waals surface area contributed by atoms with E-state index in [1.807, 2.05) is 30.3 Å². The Labute approximate surface area is 116 Å². The number of aliphatic hydroxyl groups is 1. The Morgan fingerprint density at radius 1 is 1.16 bits per heavy atom. The first kappa shape index (κ1) is 14.4. The van der Waals surface area contributed by atoms with Gasteiger partial charge in [0.15, 0.2) is 0 Å². The molecule has 2 unspecified atom stereocenters. The van der Waals surface area contributed by atoms with Crippen molar-refractivity contribution in [2.75, 3.05) is 26.3 Å². The summed E-state index contributed by atoms with van der Waals surface area (Å²) in [6, 6.07) is 9.94.